The SMILES string of the molecule is CC(C)(C)c1cc(OP(n2cccc2)n2cccc2)c2c(c1)[Si](C)(C)c1cc(C(C)(C)C)cc(OP(n3cccc3)n3cccc3)c1O2. The molecule has 0 atom stereocenters. The molecular weight excluding hydrogens is 650 g/mol. The lowest BCUT2D eigenvalue weighted by Crippen LogP contribution is -2.56. The molecule has 0 radical (unpaired) electrons. The first-order valence-electron chi connectivity index (χ1n) is 16.4. The Morgan fingerprint density at radius 1 is 0.500 bits per heavy atom. The lowest BCUT2D eigenvalue weighted by atomic mass is 9.86. The van der Waals surface area contributed by atoms with Gasteiger partial charge in [-0.25, -0.2) is 0 Å². The Morgan fingerprint density at radius 2 is 0.792 bits per heavy atom. The Balaban J connectivity index is 1.42. The van der Waals surface area contributed by atoms with E-state index >= 15 is 0 Å². The second kappa shape index (κ2) is 12.2. The summed E-state index contributed by atoms with van der Waals surface area (Å²) in [5, 5.41) is 2.48. The number of rotatable bonds is 8. The monoisotopic (exact) mass is 694 g/mol. The van der Waals surface area contributed by atoms with Crippen LogP contribution < -0.4 is 24.2 Å². The molecule has 10 heteroatoms. The fraction of sp³-hybridized carbons (Fsp3) is 0.263. The van der Waals surface area contributed by atoms with E-state index in [-0.39, 0.29) is 10.8 Å². The average molecular weight is 695 g/mol. The molecule has 5 heterocycles. The smallest absolute Gasteiger partial charge is 0.317 e. The van der Waals surface area contributed by atoms with Crippen LogP contribution >= 0.6 is 16.9 Å². The molecule has 6 aromatic rings. The molecule has 0 saturated heterocycles. The van der Waals surface area contributed by atoms with Crippen molar-refractivity contribution < 1.29 is 13.8 Å². The van der Waals surface area contributed by atoms with Crippen LogP contribution in [0.4, 0.5) is 0 Å². The number of aromatic nitrogens is 4. The number of hydrogen-bond donors (Lipinski definition) is 0. The summed E-state index contributed by atoms with van der Waals surface area (Å²) in [7, 11) is -4.92. The Labute approximate surface area is 287 Å². The van der Waals surface area contributed by atoms with Crippen molar-refractivity contribution in [2.45, 2.75) is 65.5 Å². The van der Waals surface area contributed by atoms with Gasteiger partial charge in [-0.3, -0.25) is 17.4 Å². The Morgan fingerprint density at radius 3 is 1.06 bits per heavy atom. The van der Waals surface area contributed by atoms with Crippen LogP contribution in [0.3, 0.4) is 0 Å². The highest BCUT2D eigenvalue weighted by Gasteiger charge is 2.42. The van der Waals surface area contributed by atoms with Gasteiger partial charge in [0, 0.05) is 49.6 Å². The third-order valence-electron chi connectivity index (χ3n) is 8.90. The maximum absolute atomic E-state index is 7.15. The van der Waals surface area contributed by atoms with Gasteiger partial charge in [-0.15, -0.1) is 0 Å². The summed E-state index contributed by atoms with van der Waals surface area (Å²) in [5.74, 6) is 3.08. The molecular formula is C38H44N4O3P2Si. The predicted molar refractivity (Wildman–Crippen MR) is 202 cm³/mol. The van der Waals surface area contributed by atoms with Crippen molar-refractivity contribution in [3.8, 4) is 23.0 Å². The third-order valence-corrected chi connectivity index (χ3v) is 15.7. The summed E-state index contributed by atoms with van der Waals surface area (Å²) in [6, 6.07) is 25.4. The number of nitrogens with zero attached hydrogens (tertiary/aromatic N) is 4. The maximum atomic E-state index is 7.15. The summed E-state index contributed by atoms with van der Waals surface area (Å²) < 4.78 is 29.9. The van der Waals surface area contributed by atoms with Crippen molar-refractivity contribution in [3.05, 3.63) is 133 Å². The quantitative estimate of drug-likeness (QED) is 0.118. The fourth-order valence-electron chi connectivity index (χ4n) is 5.95. The van der Waals surface area contributed by atoms with Gasteiger partial charge in [-0.1, -0.05) is 66.8 Å². The van der Waals surface area contributed by atoms with Crippen LogP contribution in [-0.2, 0) is 10.8 Å². The summed E-state index contributed by atoms with van der Waals surface area (Å²) in [6.45, 7) is 18.4. The second-order valence-corrected chi connectivity index (χ2v) is 22.4. The predicted octanol–water partition coefficient (Wildman–Crippen LogP) is 9.82. The van der Waals surface area contributed by atoms with Crippen LogP contribution in [0.1, 0.15) is 52.7 Å². The summed E-state index contributed by atoms with van der Waals surface area (Å²) in [4.78, 5) is 0. The van der Waals surface area contributed by atoms with E-state index in [1.54, 1.807) is 0 Å². The van der Waals surface area contributed by atoms with Gasteiger partial charge in [0.05, 0.1) is 0 Å². The number of benzene rings is 2. The summed E-state index contributed by atoms with van der Waals surface area (Å²) >= 11 is 0. The van der Waals surface area contributed by atoms with Crippen LogP contribution in [0.15, 0.2) is 122 Å². The molecule has 0 bridgehead atoms. The van der Waals surface area contributed by atoms with Gasteiger partial charge < -0.3 is 13.8 Å². The highest BCUT2D eigenvalue weighted by atomic mass is 31.2. The van der Waals surface area contributed by atoms with Gasteiger partial charge in [0.15, 0.2) is 23.0 Å². The second-order valence-electron chi connectivity index (χ2n) is 14.9. The summed E-state index contributed by atoms with van der Waals surface area (Å²) in [5.41, 5.74) is 2.27. The maximum Gasteiger partial charge on any atom is 0.317 e. The normalized spacial score (nSPS) is 14.1. The van der Waals surface area contributed by atoms with E-state index in [0.717, 1.165) is 23.0 Å². The molecule has 1 aliphatic heterocycles. The van der Waals surface area contributed by atoms with E-state index in [4.69, 9.17) is 13.8 Å². The fourth-order valence-corrected chi connectivity index (χ4v) is 11.8. The van der Waals surface area contributed by atoms with E-state index in [2.05, 4.69) is 146 Å². The molecule has 48 heavy (non-hydrogen) atoms. The summed E-state index contributed by atoms with van der Waals surface area (Å²) in [6.07, 6.45) is 16.5. The minimum Gasteiger partial charge on any atom is -0.450 e. The highest BCUT2D eigenvalue weighted by molar-refractivity contribution is 7.50. The van der Waals surface area contributed by atoms with Gasteiger partial charge in [0.1, 0.15) is 8.07 Å². The van der Waals surface area contributed by atoms with Crippen molar-refractivity contribution in [2.24, 2.45) is 0 Å². The lowest BCUT2D eigenvalue weighted by molar-refractivity contribution is 0.433. The van der Waals surface area contributed by atoms with Crippen molar-refractivity contribution in [1.82, 2.24) is 17.4 Å². The minimum atomic E-state index is -2.38. The van der Waals surface area contributed by atoms with Crippen molar-refractivity contribution >= 4 is 35.3 Å². The van der Waals surface area contributed by atoms with Gasteiger partial charge in [0.25, 0.3) is 0 Å². The van der Waals surface area contributed by atoms with Gasteiger partial charge >= 0.3 is 16.9 Å². The zero-order valence-electron chi connectivity index (χ0n) is 29.0. The Bertz CT molecular complexity index is 1790. The van der Waals surface area contributed by atoms with Crippen LogP contribution in [0.2, 0.25) is 13.1 Å². The topological polar surface area (TPSA) is 47.4 Å². The molecule has 7 rings (SSSR count). The van der Waals surface area contributed by atoms with Crippen LogP contribution in [0.5, 0.6) is 23.0 Å². The molecule has 248 valence electrons. The zero-order chi connectivity index (χ0) is 33.8. The standard InChI is InChI=1S/C38H44N4O3P2Si/c1-37(2,3)29-25-31(44-46(39-17-9-10-18-39)40-19-11-12-20-40)35-33(27-29)48(7,8)34-28-30(38(4,5)6)26-32(36(34)43-35)45-47(41-21-13-14-22-41)42-23-15-16-24-42/h9-28H,1-8H3. The first-order valence-corrected chi connectivity index (χ1v) is 21.7. The molecule has 0 fully saturated rings. The minimum absolute atomic E-state index is 0.0908. The molecule has 0 amide bonds. The first kappa shape index (κ1) is 32.6. The van der Waals surface area contributed by atoms with Crippen LogP contribution in [-0.4, -0.2) is 25.4 Å². The molecule has 2 aromatic carbocycles. The number of ether oxygens (including phenoxy) is 1. The molecule has 0 aliphatic carbocycles. The van der Waals surface area contributed by atoms with Gasteiger partial charge in [0.2, 0.25) is 0 Å². The average Bonchev–Trinajstić information content (AvgIpc) is 3.86. The largest absolute Gasteiger partial charge is 0.450 e. The van der Waals surface area contributed by atoms with Crippen molar-refractivity contribution in [1.29, 1.82) is 0 Å². The Kier molecular flexibility index (Phi) is 8.26. The zero-order valence-corrected chi connectivity index (χ0v) is 31.7. The van der Waals surface area contributed by atoms with Crippen LogP contribution in [0, 0.1) is 0 Å². The van der Waals surface area contributed by atoms with E-state index in [0.29, 0.717) is 0 Å². The third kappa shape index (κ3) is 6.07. The Hall–Kier alpha value is -3.96. The van der Waals surface area contributed by atoms with Crippen LogP contribution in [0.25, 0.3) is 0 Å². The van der Waals surface area contributed by atoms with Crippen molar-refractivity contribution in [2.75, 3.05) is 0 Å². The van der Waals surface area contributed by atoms with E-state index in [1.165, 1.54) is 21.5 Å². The van der Waals surface area contributed by atoms with E-state index in [1.807, 2.05) is 48.5 Å². The molecule has 0 saturated carbocycles. The first-order chi connectivity index (χ1) is 22.8. The number of hydrogen-bond acceptors (Lipinski definition) is 3. The lowest BCUT2D eigenvalue weighted by Gasteiger charge is -2.38. The molecule has 7 nitrogen and oxygen atoms in total. The molecule has 0 N–H and O–H groups in total. The molecule has 4 aromatic heterocycles. The number of fused-ring (bicyclic) bond motifs is 2. The van der Waals surface area contributed by atoms with Gasteiger partial charge in [-0.2, -0.15) is 0 Å². The molecule has 0 unspecified atom stereocenters. The highest BCUT2D eigenvalue weighted by Crippen LogP contribution is 2.51. The van der Waals surface area contributed by atoms with E-state index < -0.39 is 25.0 Å². The van der Waals surface area contributed by atoms with Gasteiger partial charge in [-0.05, 0) is 93.0 Å². The van der Waals surface area contributed by atoms with E-state index in [9.17, 15) is 0 Å². The van der Waals surface area contributed by atoms with Crippen molar-refractivity contribution in [3.63, 3.8) is 0 Å². The molecule has 1 aliphatic rings. The molecule has 0 spiro atoms.